The van der Waals surface area contributed by atoms with Crippen LogP contribution in [0.2, 0.25) is 0 Å². The third-order valence-electron chi connectivity index (χ3n) is 3.86. The molecule has 1 aromatic heterocycles. The number of aromatic nitrogens is 2. The molecule has 0 aliphatic heterocycles. The van der Waals surface area contributed by atoms with Gasteiger partial charge in [0.05, 0.1) is 5.69 Å². The molecule has 0 aliphatic rings. The molecular weight excluding hydrogens is 330 g/mol. The SMILES string of the molecule is Cc1ccc(NC(=O)COC(=O)c2cc(-c3ccccc3)n[nH]2)c(C)c1. The van der Waals surface area contributed by atoms with E-state index in [-0.39, 0.29) is 12.3 Å². The number of nitrogens with zero attached hydrogens (tertiary/aromatic N) is 1. The highest BCUT2D eigenvalue weighted by Gasteiger charge is 2.14. The summed E-state index contributed by atoms with van der Waals surface area (Å²) in [5.41, 5.74) is 4.48. The van der Waals surface area contributed by atoms with E-state index in [1.165, 1.54) is 0 Å². The first kappa shape index (κ1) is 17.4. The number of carbonyl (C=O) groups excluding carboxylic acids is 2. The van der Waals surface area contributed by atoms with Gasteiger partial charge in [0.15, 0.2) is 6.61 Å². The smallest absolute Gasteiger partial charge is 0.356 e. The van der Waals surface area contributed by atoms with Crippen LogP contribution in [0.25, 0.3) is 11.3 Å². The van der Waals surface area contributed by atoms with E-state index >= 15 is 0 Å². The molecule has 6 heteroatoms. The van der Waals surface area contributed by atoms with E-state index in [9.17, 15) is 9.59 Å². The first-order valence-corrected chi connectivity index (χ1v) is 8.18. The third kappa shape index (κ3) is 4.16. The van der Waals surface area contributed by atoms with Crippen LogP contribution in [-0.2, 0) is 9.53 Å². The van der Waals surface area contributed by atoms with Crippen LogP contribution in [0.5, 0.6) is 0 Å². The monoisotopic (exact) mass is 349 g/mol. The average Bonchev–Trinajstić information content (AvgIpc) is 3.13. The van der Waals surface area contributed by atoms with Crippen LogP contribution < -0.4 is 5.32 Å². The Bertz CT molecular complexity index is 932. The molecule has 0 bridgehead atoms. The lowest BCUT2D eigenvalue weighted by Gasteiger charge is -2.09. The van der Waals surface area contributed by atoms with Gasteiger partial charge in [0.2, 0.25) is 0 Å². The quantitative estimate of drug-likeness (QED) is 0.691. The van der Waals surface area contributed by atoms with E-state index in [4.69, 9.17) is 4.74 Å². The van der Waals surface area contributed by atoms with Crippen molar-refractivity contribution >= 4 is 17.6 Å². The van der Waals surface area contributed by atoms with Crippen molar-refractivity contribution in [1.82, 2.24) is 10.2 Å². The van der Waals surface area contributed by atoms with E-state index < -0.39 is 11.9 Å². The molecule has 0 saturated carbocycles. The van der Waals surface area contributed by atoms with E-state index in [2.05, 4.69) is 15.5 Å². The molecule has 1 heterocycles. The summed E-state index contributed by atoms with van der Waals surface area (Å²) in [4.78, 5) is 24.1. The molecule has 3 aromatic rings. The van der Waals surface area contributed by atoms with Gasteiger partial charge in [-0.05, 0) is 31.5 Å². The minimum Gasteiger partial charge on any atom is -0.451 e. The van der Waals surface area contributed by atoms with Gasteiger partial charge in [0.25, 0.3) is 5.91 Å². The Morgan fingerprint density at radius 1 is 1.08 bits per heavy atom. The maximum atomic E-state index is 12.1. The summed E-state index contributed by atoms with van der Waals surface area (Å²) < 4.78 is 5.05. The van der Waals surface area contributed by atoms with Crippen LogP contribution in [0.1, 0.15) is 21.6 Å². The summed E-state index contributed by atoms with van der Waals surface area (Å²) in [5, 5.41) is 9.47. The van der Waals surface area contributed by atoms with Crippen molar-refractivity contribution in [3.05, 3.63) is 71.4 Å². The van der Waals surface area contributed by atoms with E-state index in [0.717, 1.165) is 16.7 Å². The van der Waals surface area contributed by atoms with Crippen molar-refractivity contribution in [2.24, 2.45) is 0 Å². The fourth-order valence-corrected chi connectivity index (χ4v) is 2.53. The predicted molar refractivity (Wildman–Crippen MR) is 98.9 cm³/mol. The topological polar surface area (TPSA) is 84.1 Å². The first-order chi connectivity index (χ1) is 12.5. The molecule has 26 heavy (non-hydrogen) atoms. The molecule has 0 fully saturated rings. The van der Waals surface area contributed by atoms with Gasteiger partial charge >= 0.3 is 5.97 Å². The molecule has 2 aromatic carbocycles. The Morgan fingerprint density at radius 2 is 1.85 bits per heavy atom. The van der Waals surface area contributed by atoms with Crippen LogP contribution >= 0.6 is 0 Å². The summed E-state index contributed by atoms with van der Waals surface area (Å²) in [7, 11) is 0. The fraction of sp³-hybridized carbons (Fsp3) is 0.150. The van der Waals surface area contributed by atoms with Crippen molar-refractivity contribution in [2.75, 3.05) is 11.9 Å². The standard InChI is InChI=1S/C20H19N3O3/c1-13-8-9-16(14(2)10-13)21-19(24)12-26-20(25)18-11-17(22-23-18)15-6-4-3-5-7-15/h3-11H,12H2,1-2H3,(H,21,24)(H,22,23). The van der Waals surface area contributed by atoms with E-state index in [1.807, 2.05) is 62.4 Å². The van der Waals surface area contributed by atoms with Crippen molar-refractivity contribution in [3.8, 4) is 11.3 Å². The normalized spacial score (nSPS) is 10.4. The van der Waals surface area contributed by atoms with Gasteiger partial charge in [0, 0.05) is 11.3 Å². The largest absolute Gasteiger partial charge is 0.451 e. The highest BCUT2D eigenvalue weighted by atomic mass is 16.5. The van der Waals surface area contributed by atoms with Gasteiger partial charge in [0.1, 0.15) is 5.69 Å². The Morgan fingerprint density at radius 3 is 2.58 bits per heavy atom. The average molecular weight is 349 g/mol. The molecule has 2 N–H and O–H groups in total. The summed E-state index contributed by atoms with van der Waals surface area (Å²) in [6, 6.07) is 16.8. The Kier molecular flexibility index (Phi) is 5.12. The van der Waals surface area contributed by atoms with Gasteiger partial charge in [-0.3, -0.25) is 9.89 Å². The fourth-order valence-electron chi connectivity index (χ4n) is 2.53. The highest BCUT2D eigenvalue weighted by molar-refractivity contribution is 5.95. The minimum atomic E-state index is -0.629. The number of rotatable bonds is 5. The number of anilines is 1. The number of hydrogen-bond acceptors (Lipinski definition) is 4. The number of ether oxygens (including phenoxy) is 1. The van der Waals surface area contributed by atoms with Crippen LogP contribution in [0.15, 0.2) is 54.6 Å². The number of aromatic amines is 1. The molecule has 0 atom stereocenters. The second-order valence-electron chi connectivity index (χ2n) is 5.98. The molecule has 0 aliphatic carbocycles. The maximum Gasteiger partial charge on any atom is 0.356 e. The van der Waals surface area contributed by atoms with Crippen LogP contribution in [0.4, 0.5) is 5.69 Å². The zero-order chi connectivity index (χ0) is 18.5. The zero-order valence-corrected chi connectivity index (χ0v) is 14.6. The third-order valence-corrected chi connectivity index (χ3v) is 3.86. The summed E-state index contributed by atoms with van der Waals surface area (Å²) >= 11 is 0. The summed E-state index contributed by atoms with van der Waals surface area (Å²) in [6.07, 6.45) is 0. The number of nitrogens with one attached hydrogen (secondary N) is 2. The molecular formula is C20H19N3O3. The van der Waals surface area contributed by atoms with Gasteiger partial charge in [-0.15, -0.1) is 0 Å². The molecule has 0 unspecified atom stereocenters. The zero-order valence-electron chi connectivity index (χ0n) is 14.6. The van der Waals surface area contributed by atoms with Crippen molar-refractivity contribution in [3.63, 3.8) is 0 Å². The Labute approximate surface area is 151 Å². The number of benzene rings is 2. The Balaban J connectivity index is 1.57. The molecule has 0 radical (unpaired) electrons. The minimum absolute atomic E-state index is 0.197. The number of hydrogen-bond donors (Lipinski definition) is 2. The van der Waals surface area contributed by atoms with Crippen molar-refractivity contribution < 1.29 is 14.3 Å². The van der Waals surface area contributed by atoms with Crippen molar-refractivity contribution in [1.29, 1.82) is 0 Å². The van der Waals surface area contributed by atoms with Crippen LogP contribution in [0.3, 0.4) is 0 Å². The summed E-state index contributed by atoms with van der Waals surface area (Å²) in [6.45, 7) is 3.52. The van der Waals surface area contributed by atoms with Crippen LogP contribution in [0, 0.1) is 13.8 Å². The lowest BCUT2D eigenvalue weighted by Crippen LogP contribution is -2.21. The van der Waals surface area contributed by atoms with Crippen LogP contribution in [-0.4, -0.2) is 28.7 Å². The molecule has 6 nitrogen and oxygen atoms in total. The van der Waals surface area contributed by atoms with Gasteiger partial charge < -0.3 is 10.1 Å². The van der Waals surface area contributed by atoms with Gasteiger partial charge in [-0.2, -0.15) is 5.10 Å². The Hall–Kier alpha value is -3.41. The van der Waals surface area contributed by atoms with Gasteiger partial charge in [-0.25, -0.2) is 4.79 Å². The molecule has 0 saturated heterocycles. The highest BCUT2D eigenvalue weighted by Crippen LogP contribution is 2.18. The number of amides is 1. The second kappa shape index (κ2) is 7.65. The molecule has 132 valence electrons. The number of aryl methyl sites for hydroxylation is 2. The summed E-state index contributed by atoms with van der Waals surface area (Å²) in [5.74, 6) is -1.02. The lowest BCUT2D eigenvalue weighted by molar-refractivity contribution is -0.119. The molecule has 1 amide bonds. The number of H-pyrrole nitrogens is 1. The van der Waals surface area contributed by atoms with E-state index in [0.29, 0.717) is 11.4 Å². The maximum absolute atomic E-state index is 12.1. The van der Waals surface area contributed by atoms with E-state index in [1.54, 1.807) is 6.07 Å². The first-order valence-electron chi connectivity index (χ1n) is 8.18. The number of carbonyl (C=O) groups is 2. The predicted octanol–water partition coefficient (Wildman–Crippen LogP) is 3.49. The van der Waals surface area contributed by atoms with Crippen molar-refractivity contribution in [2.45, 2.75) is 13.8 Å². The van der Waals surface area contributed by atoms with Gasteiger partial charge in [-0.1, -0.05) is 48.0 Å². The number of esters is 1. The molecule has 0 spiro atoms. The lowest BCUT2D eigenvalue weighted by atomic mass is 10.1. The molecule has 3 rings (SSSR count). The second-order valence-corrected chi connectivity index (χ2v) is 5.98.